The molecule has 0 aliphatic rings. The van der Waals surface area contributed by atoms with Crippen LogP contribution in [0.4, 0.5) is 10.2 Å². The van der Waals surface area contributed by atoms with Gasteiger partial charge in [0, 0.05) is 11.8 Å². The molecule has 16 heavy (non-hydrogen) atoms. The predicted octanol–water partition coefficient (Wildman–Crippen LogP) is 2.93. The van der Waals surface area contributed by atoms with Crippen molar-refractivity contribution in [2.24, 2.45) is 0 Å². The summed E-state index contributed by atoms with van der Waals surface area (Å²) in [6, 6.07) is 7.88. The van der Waals surface area contributed by atoms with Crippen molar-refractivity contribution < 1.29 is 4.39 Å². The molecule has 0 saturated heterocycles. The van der Waals surface area contributed by atoms with Crippen LogP contribution in [-0.4, -0.2) is 9.78 Å². The lowest BCUT2D eigenvalue weighted by molar-refractivity contribution is 0.627. The average Bonchev–Trinajstić information content (AvgIpc) is 2.62. The lowest BCUT2D eigenvalue weighted by atomic mass is 10.3. The first kappa shape index (κ1) is 12.2. The van der Waals surface area contributed by atoms with E-state index in [4.69, 9.17) is 5.73 Å². The van der Waals surface area contributed by atoms with E-state index in [-0.39, 0.29) is 5.82 Å². The molecule has 2 N–H and O–H groups in total. The molecule has 0 fully saturated rings. The molecule has 0 bridgehead atoms. The van der Waals surface area contributed by atoms with Crippen molar-refractivity contribution >= 4 is 5.82 Å². The molecule has 0 amide bonds. The summed E-state index contributed by atoms with van der Waals surface area (Å²) in [6.07, 6.45) is 0. The maximum atomic E-state index is 12.7. The molecule has 4 heteroatoms. The van der Waals surface area contributed by atoms with Crippen LogP contribution in [0.5, 0.6) is 0 Å². The molecule has 0 spiro atoms. The van der Waals surface area contributed by atoms with Crippen LogP contribution in [-0.2, 0) is 0 Å². The van der Waals surface area contributed by atoms with Crippen LogP contribution < -0.4 is 5.73 Å². The van der Waals surface area contributed by atoms with E-state index in [0.717, 1.165) is 11.4 Å². The summed E-state index contributed by atoms with van der Waals surface area (Å²) in [6.45, 7) is 5.90. The van der Waals surface area contributed by atoms with Crippen LogP contribution in [0.2, 0.25) is 0 Å². The maximum absolute atomic E-state index is 12.7. The Morgan fingerprint density at radius 2 is 1.75 bits per heavy atom. The Hall–Kier alpha value is -1.84. The Kier molecular flexibility index (Phi) is 4.05. The van der Waals surface area contributed by atoms with E-state index in [0.29, 0.717) is 5.82 Å². The van der Waals surface area contributed by atoms with E-state index >= 15 is 0 Å². The average molecular weight is 221 g/mol. The van der Waals surface area contributed by atoms with Gasteiger partial charge in [-0.25, -0.2) is 9.07 Å². The van der Waals surface area contributed by atoms with Gasteiger partial charge in [0.2, 0.25) is 0 Å². The van der Waals surface area contributed by atoms with Gasteiger partial charge in [-0.2, -0.15) is 5.10 Å². The Bertz CT molecular complexity index is 446. The molecular formula is C12H16FN3. The first-order valence-electron chi connectivity index (χ1n) is 5.25. The minimum Gasteiger partial charge on any atom is -0.382 e. The molecule has 2 aromatic rings. The highest BCUT2D eigenvalue weighted by atomic mass is 19.1. The molecular weight excluding hydrogens is 205 g/mol. The molecule has 0 aliphatic carbocycles. The summed E-state index contributed by atoms with van der Waals surface area (Å²) >= 11 is 0. The number of nitrogens with two attached hydrogens (primary N) is 1. The highest BCUT2D eigenvalue weighted by Crippen LogP contribution is 2.13. The number of halogens is 1. The summed E-state index contributed by atoms with van der Waals surface area (Å²) < 4.78 is 14.3. The second kappa shape index (κ2) is 5.30. The number of aryl methyl sites for hydroxylation is 1. The topological polar surface area (TPSA) is 43.8 Å². The number of nitrogen functional groups attached to an aromatic ring is 1. The van der Waals surface area contributed by atoms with Crippen molar-refractivity contribution in [1.29, 1.82) is 0 Å². The summed E-state index contributed by atoms with van der Waals surface area (Å²) in [5.41, 5.74) is 7.27. The minimum atomic E-state index is -0.258. The molecule has 1 aromatic carbocycles. The molecule has 1 aromatic heterocycles. The molecule has 1 heterocycles. The maximum Gasteiger partial charge on any atom is 0.146 e. The van der Waals surface area contributed by atoms with Crippen molar-refractivity contribution in [3.8, 4) is 5.69 Å². The van der Waals surface area contributed by atoms with E-state index in [1.165, 1.54) is 12.1 Å². The van der Waals surface area contributed by atoms with Gasteiger partial charge in [-0.1, -0.05) is 13.8 Å². The highest BCUT2D eigenvalue weighted by molar-refractivity contribution is 5.38. The number of hydrogen-bond acceptors (Lipinski definition) is 2. The highest BCUT2D eigenvalue weighted by Gasteiger charge is 2.03. The summed E-state index contributed by atoms with van der Waals surface area (Å²) in [7, 11) is 0. The Morgan fingerprint density at radius 1 is 1.19 bits per heavy atom. The third-order valence-corrected chi connectivity index (χ3v) is 1.98. The second-order valence-corrected chi connectivity index (χ2v) is 3.10. The van der Waals surface area contributed by atoms with Crippen LogP contribution in [0.3, 0.4) is 0 Å². The smallest absolute Gasteiger partial charge is 0.146 e. The zero-order valence-corrected chi connectivity index (χ0v) is 9.74. The van der Waals surface area contributed by atoms with Gasteiger partial charge < -0.3 is 5.73 Å². The SMILES string of the molecule is CC.Cc1cc(N)nn1-c1ccc(F)cc1. The van der Waals surface area contributed by atoms with E-state index < -0.39 is 0 Å². The van der Waals surface area contributed by atoms with Gasteiger partial charge in [-0.05, 0) is 31.2 Å². The Morgan fingerprint density at radius 3 is 2.19 bits per heavy atom. The molecule has 2 rings (SSSR count). The van der Waals surface area contributed by atoms with Crippen molar-refractivity contribution in [3.63, 3.8) is 0 Å². The number of nitrogens with zero attached hydrogens (tertiary/aromatic N) is 2. The zero-order chi connectivity index (χ0) is 12.1. The van der Waals surface area contributed by atoms with Crippen LogP contribution >= 0.6 is 0 Å². The van der Waals surface area contributed by atoms with Crippen LogP contribution in [0.15, 0.2) is 30.3 Å². The number of benzene rings is 1. The fourth-order valence-electron chi connectivity index (χ4n) is 1.34. The van der Waals surface area contributed by atoms with Crippen LogP contribution in [0.25, 0.3) is 5.69 Å². The van der Waals surface area contributed by atoms with Crippen LogP contribution in [0, 0.1) is 12.7 Å². The standard InChI is InChI=1S/C10H10FN3.C2H6/c1-7-6-10(12)13-14(7)9-4-2-8(11)3-5-9;1-2/h2-6H,1H3,(H2,12,13);1-2H3. The van der Waals surface area contributed by atoms with Gasteiger partial charge in [-0.15, -0.1) is 0 Å². The normalized spacial score (nSPS) is 9.50. The summed E-state index contributed by atoms with van der Waals surface area (Å²) in [5, 5.41) is 4.08. The van der Waals surface area contributed by atoms with Crippen molar-refractivity contribution in [1.82, 2.24) is 9.78 Å². The van der Waals surface area contributed by atoms with Gasteiger partial charge >= 0.3 is 0 Å². The monoisotopic (exact) mass is 221 g/mol. The Labute approximate surface area is 94.7 Å². The fourth-order valence-corrected chi connectivity index (χ4v) is 1.34. The summed E-state index contributed by atoms with van der Waals surface area (Å²) in [5.74, 6) is 0.207. The van der Waals surface area contributed by atoms with E-state index in [2.05, 4.69) is 5.10 Å². The molecule has 86 valence electrons. The first-order chi connectivity index (χ1) is 7.66. The number of hydrogen-bond donors (Lipinski definition) is 1. The van der Waals surface area contributed by atoms with Crippen molar-refractivity contribution in [2.75, 3.05) is 5.73 Å². The third kappa shape index (κ3) is 2.59. The molecule has 0 atom stereocenters. The fraction of sp³-hybridized carbons (Fsp3) is 0.250. The third-order valence-electron chi connectivity index (χ3n) is 1.98. The van der Waals surface area contributed by atoms with Gasteiger partial charge in [0.25, 0.3) is 0 Å². The van der Waals surface area contributed by atoms with Crippen molar-refractivity contribution in [3.05, 3.63) is 41.8 Å². The Balaban J connectivity index is 0.000000606. The van der Waals surface area contributed by atoms with E-state index in [1.807, 2.05) is 20.8 Å². The molecule has 0 radical (unpaired) electrons. The molecule has 3 nitrogen and oxygen atoms in total. The quantitative estimate of drug-likeness (QED) is 0.804. The molecule has 0 aliphatic heterocycles. The molecule has 0 saturated carbocycles. The first-order valence-corrected chi connectivity index (χ1v) is 5.25. The number of rotatable bonds is 1. The minimum absolute atomic E-state index is 0.258. The van der Waals surface area contributed by atoms with Crippen LogP contribution in [0.1, 0.15) is 19.5 Å². The molecule has 0 unspecified atom stereocenters. The largest absolute Gasteiger partial charge is 0.382 e. The number of aromatic nitrogens is 2. The van der Waals surface area contributed by atoms with E-state index in [1.54, 1.807) is 22.9 Å². The van der Waals surface area contributed by atoms with Gasteiger partial charge in [-0.3, -0.25) is 0 Å². The van der Waals surface area contributed by atoms with Gasteiger partial charge in [0.15, 0.2) is 0 Å². The number of anilines is 1. The zero-order valence-electron chi connectivity index (χ0n) is 9.74. The van der Waals surface area contributed by atoms with E-state index in [9.17, 15) is 4.39 Å². The lowest BCUT2D eigenvalue weighted by Gasteiger charge is -2.02. The van der Waals surface area contributed by atoms with Gasteiger partial charge in [0.05, 0.1) is 5.69 Å². The van der Waals surface area contributed by atoms with Crippen molar-refractivity contribution in [2.45, 2.75) is 20.8 Å². The predicted molar refractivity (Wildman–Crippen MR) is 64.0 cm³/mol. The summed E-state index contributed by atoms with van der Waals surface area (Å²) in [4.78, 5) is 0. The lowest BCUT2D eigenvalue weighted by Crippen LogP contribution is -1.99. The van der Waals surface area contributed by atoms with Gasteiger partial charge in [0.1, 0.15) is 11.6 Å². The second-order valence-electron chi connectivity index (χ2n) is 3.10.